The molecular formula is C34H39NO12S2. The van der Waals surface area contributed by atoms with E-state index in [9.17, 15) is 33.9 Å². The number of nitrogens with one attached hydrogen (secondary N) is 1. The summed E-state index contributed by atoms with van der Waals surface area (Å²) in [6, 6.07) is 5.77. The number of hydrogen-bond donors (Lipinski definition) is 2. The minimum atomic E-state index is -1.43. The van der Waals surface area contributed by atoms with Gasteiger partial charge in [-0.2, -0.15) is 22.7 Å². The van der Waals surface area contributed by atoms with Gasteiger partial charge in [0.25, 0.3) is 0 Å². The Labute approximate surface area is 291 Å². The molecular weight excluding hydrogens is 679 g/mol. The van der Waals surface area contributed by atoms with Crippen LogP contribution in [0.3, 0.4) is 0 Å². The Bertz CT molecular complexity index is 1650. The third-order valence-electron chi connectivity index (χ3n) is 6.59. The highest BCUT2D eigenvalue weighted by Crippen LogP contribution is 2.34. The predicted molar refractivity (Wildman–Crippen MR) is 179 cm³/mol. The van der Waals surface area contributed by atoms with Crippen LogP contribution in [-0.4, -0.2) is 65.9 Å². The average molecular weight is 718 g/mol. The second-order valence-electron chi connectivity index (χ2n) is 13.2. The maximum atomic E-state index is 13.4. The molecule has 3 rings (SSSR count). The molecule has 1 atom stereocenters. The van der Waals surface area contributed by atoms with Gasteiger partial charge in [0.2, 0.25) is 0 Å². The minimum Gasteiger partial charge on any atom is -0.480 e. The number of carboxylic acids is 1. The monoisotopic (exact) mass is 717 g/mol. The van der Waals surface area contributed by atoms with Gasteiger partial charge < -0.3 is 34.1 Å². The van der Waals surface area contributed by atoms with Crippen molar-refractivity contribution in [1.29, 1.82) is 0 Å². The first-order chi connectivity index (χ1) is 22.8. The van der Waals surface area contributed by atoms with Crippen molar-refractivity contribution < 1.29 is 57.6 Å². The van der Waals surface area contributed by atoms with Gasteiger partial charge in [0.1, 0.15) is 24.9 Å². The van der Waals surface area contributed by atoms with E-state index in [-0.39, 0.29) is 36.7 Å². The van der Waals surface area contributed by atoms with Gasteiger partial charge in [-0.1, -0.05) is 6.07 Å². The second kappa shape index (κ2) is 16.1. The molecule has 264 valence electrons. The van der Waals surface area contributed by atoms with Gasteiger partial charge >= 0.3 is 35.9 Å². The number of aliphatic carboxylic acids is 1. The molecule has 49 heavy (non-hydrogen) atoms. The molecule has 2 heterocycles. The molecule has 0 bridgehead atoms. The van der Waals surface area contributed by atoms with Crippen molar-refractivity contribution >= 4 is 58.6 Å². The van der Waals surface area contributed by atoms with Crippen molar-refractivity contribution in [3.8, 4) is 11.5 Å². The second-order valence-corrected chi connectivity index (χ2v) is 14.8. The van der Waals surface area contributed by atoms with Crippen LogP contribution in [0.1, 0.15) is 74.7 Å². The lowest BCUT2D eigenvalue weighted by Crippen LogP contribution is -2.44. The zero-order valence-electron chi connectivity index (χ0n) is 28.1. The first-order valence-electron chi connectivity index (χ1n) is 15.0. The quantitative estimate of drug-likeness (QED) is 0.115. The smallest absolute Gasteiger partial charge is 0.408 e. The van der Waals surface area contributed by atoms with E-state index in [1.165, 1.54) is 68.6 Å². The minimum absolute atomic E-state index is 0.197. The molecule has 1 aromatic carbocycles. The summed E-state index contributed by atoms with van der Waals surface area (Å²) in [4.78, 5) is 75.7. The molecule has 0 aliphatic rings. The van der Waals surface area contributed by atoms with E-state index >= 15 is 0 Å². The number of hydrogen-bond acceptors (Lipinski definition) is 13. The number of carboxylic acid groups (broad SMARTS) is 1. The third-order valence-corrected chi connectivity index (χ3v) is 7.96. The summed E-state index contributed by atoms with van der Waals surface area (Å²) in [5.74, 6) is -4.72. The Balaban J connectivity index is 1.84. The summed E-state index contributed by atoms with van der Waals surface area (Å²) in [5, 5.41) is 18.7. The first kappa shape index (κ1) is 38.7. The fraction of sp³-hybridized carbons (Fsp3) is 0.412. The van der Waals surface area contributed by atoms with E-state index < -0.39 is 58.4 Å². The molecule has 0 spiro atoms. The molecule has 0 unspecified atom stereocenters. The van der Waals surface area contributed by atoms with Gasteiger partial charge in [0.15, 0.2) is 11.5 Å². The fourth-order valence-corrected chi connectivity index (χ4v) is 4.99. The number of amides is 1. The van der Waals surface area contributed by atoms with Gasteiger partial charge in [-0.25, -0.2) is 19.2 Å². The van der Waals surface area contributed by atoms with Crippen LogP contribution in [-0.2, 0) is 35.0 Å². The Morgan fingerprint density at radius 2 is 1.22 bits per heavy atom. The van der Waals surface area contributed by atoms with Crippen LogP contribution >= 0.6 is 22.7 Å². The standard InChI is InChI=1S/C34H39NO12S2/c1-32(2,3)47-31(42)35-23(26(36)37)14-20-8-9-24(45-29(40)33(4,5)18-43-27(38)21-10-12-48-16-21)25(15-20)46-30(41)34(6,7)19-44-28(39)22-11-13-49-17-22/h8-13,15-17,23H,14,18-19H2,1-7H3,(H,35,42)(H,36,37)/t23-/m0/s1. The molecule has 3 aromatic rings. The van der Waals surface area contributed by atoms with E-state index in [1.807, 2.05) is 0 Å². The van der Waals surface area contributed by atoms with Gasteiger partial charge in [-0.3, -0.25) is 9.59 Å². The van der Waals surface area contributed by atoms with E-state index in [0.29, 0.717) is 11.1 Å². The van der Waals surface area contributed by atoms with E-state index in [4.69, 9.17) is 23.7 Å². The molecule has 15 heteroatoms. The summed E-state index contributed by atoms with van der Waals surface area (Å²) >= 11 is 2.62. The van der Waals surface area contributed by atoms with Crippen molar-refractivity contribution in [2.75, 3.05) is 13.2 Å². The van der Waals surface area contributed by atoms with Gasteiger partial charge in [-0.05, 0) is 89.1 Å². The topological polar surface area (TPSA) is 181 Å². The van der Waals surface area contributed by atoms with Gasteiger partial charge in [-0.15, -0.1) is 0 Å². The first-order valence-corrected chi connectivity index (χ1v) is 16.8. The highest BCUT2D eigenvalue weighted by molar-refractivity contribution is 7.08. The van der Waals surface area contributed by atoms with E-state index in [2.05, 4.69) is 5.32 Å². The largest absolute Gasteiger partial charge is 0.480 e. The van der Waals surface area contributed by atoms with Crippen molar-refractivity contribution in [1.82, 2.24) is 5.32 Å². The molecule has 0 aliphatic heterocycles. The molecule has 13 nitrogen and oxygen atoms in total. The predicted octanol–water partition coefficient (Wildman–Crippen LogP) is 5.91. The average Bonchev–Trinajstić information content (AvgIpc) is 3.74. The number of carbonyl (C=O) groups is 6. The molecule has 0 radical (unpaired) electrons. The molecule has 0 aliphatic carbocycles. The molecule has 0 fully saturated rings. The van der Waals surface area contributed by atoms with E-state index in [0.717, 1.165) is 0 Å². The number of alkyl carbamates (subject to hydrolysis) is 1. The van der Waals surface area contributed by atoms with E-state index in [1.54, 1.807) is 54.4 Å². The Morgan fingerprint density at radius 1 is 0.735 bits per heavy atom. The Morgan fingerprint density at radius 3 is 1.65 bits per heavy atom. The Hall–Kier alpha value is -4.76. The highest BCUT2D eigenvalue weighted by atomic mass is 32.1. The zero-order chi connectivity index (χ0) is 36.6. The van der Waals surface area contributed by atoms with Gasteiger partial charge in [0, 0.05) is 17.2 Å². The molecule has 2 N–H and O–H groups in total. The summed E-state index contributed by atoms with van der Waals surface area (Å²) in [6.07, 6.45) is -1.21. The fourth-order valence-electron chi connectivity index (χ4n) is 3.74. The lowest BCUT2D eigenvalue weighted by Gasteiger charge is -2.25. The number of rotatable bonds is 14. The third kappa shape index (κ3) is 11.7. The van der Waals surface area contributed by atoms with Crippen LogP contribution < -0.4 is 14.8 Å². The SMILES string of the molecule is CC(C)(C)OC(=O)N[C@@H](Cc1ccc(OC(=O)C(C)(C)COC(=O)c2ccsc2)c(OC(=O)C(C)(C)COC(=O)c2ccsc2)c1)C(=O)O. The van der Waals surface area contributed by atoms with Crippen LogP contribution in [0.25, 0.3) is 0 Å². The number of benzene rings is 1. The van der Waals surface area contributed by atoms with Crippen molar-refractivity contribution in [2.24, 2.45) is 10.8 Å². The lowest BCUT2D eigenvalue weighted by atomic mass is 9.95. The van der Waals surface area contributed by atoms with Crippen LogP contribution in [0.4, 0.5) is 4.79 Å². The van der Waals surface area contributed by atoms with Crippen LogP contribution in [0.5, 0.6) is 11.5 Å². The van der Waals surface area contributed by atoms with Crippen LogP contribution in [0, 0.1) is 10.8 Å². The number of carbonyl (C=O) groups excluding carboxylic acids is 5. The summed E-state index contributed by atoms with van der Waals surface area (Å²) < 4.78 is 27.1. The molecule has 0 saturated heterocycles. The van der Waals surface area contributed by atoms with Crippen molar-refractivity contribution in [2.45, 2.75) is 66.5 Å². The summed E-state index contributed by atoms with van der Waals surface area (Å²) in [5.41, 5.74) is -2.64. The zero-order valence-corrected chi connectivity index (χ0v) is 29.8. The Kier molecular flexibility index (Phi) is 12.7. The van der Waals surface area contributed by atoms with Gasteiger partial charge in [0.05, 0.1) is 22.0 Å². The maximum absolute atomic E-state index is 13.4. The van der Waals surface area contributed by atoms with Crippen molar-refractivity contribution in [3.05, 3.63) is 68.5 Å². The summed E-state index contributed by atoms with van der Waals surface area (Å²) in [7, 11) is 0. The molecule has 2 aromatic heterocycles. The molecule has 1 amide bonds. The number of thiophene rings is 2. The normalized spacial score (nSPS) is 12.3. The summed E-state index contributed by atoms with van der Waals surface area (Å²) in [6.45, 7) is 10.2. The number of ether oxygens (including phenoxy) is 5. The highest BCUT2D eigenvalue weighted by Gasteiger charge is 2.36. The lowest BCUT2D eigenvalue weighted by molar-refractivity contribution is -0.149. The molecule has 0 saturated carbocycles. The van der Waals surface area contributed by atoms with Crippen LogP contribution in [0.2, 0.25) is 0 Å². The van der Waals surface area contributed by atoms with Crippen molar-refractivity contribution in [3.63, 3.8) is 0 Å². The number of esters is 4. The van der Waals surface area contributed by atoms with Crippen LogP contribution in [0.15, 0.2) is 51.9 Å². The maximum Gasteiger partial charge on any atom is 0.408 e.